The Hall–Kier alpha value is -3.78. The van der Waals surface area contributed by atoms with Crippen molar-refractivity contribution in [2.45, 2.75) is 46.1 Å². The molecule has 0 saturated heterocycles. The van der Waals surface area contributed by atoms with Gasteiger partial charge in [0, 0.05) is 16.0 Å². The van der Waals surface area contributed by atoms with Gasteiger partial charge in [-0.1, -0.05) is 48.0 Å². The van der Waals surface area contributed by atoms with E-state index >= 15 is 0 Å². The van der Waals surface area contributed by atoms with Crippen LogP contribution < -0.4 is 15.0 Å². The minimum absolute atomic E-state index is 0.0248. The fourth-order valence-corrected chi connectivity index (χ4v) is 4.54. The number of rotatable bonds is 11. The molecule has 39 heavy (non-hydrogen) atoms. The van der Waals surface area contributed by atoms with Crippen molar-refractivity contribution in [3.05, 3.63) is 110 Å². The van der Waals surface area contributed by atoms with Gasteiger partial charge in [0.15, 0.2) is 11.5 Å². The van der Waals surface area contributed by atoms with Crippen LogP contribution in [-0.4, -0.2) is 22.5 Å². The maximum absolute atomic E-state index is 13.7. The van der Waals surface area contributed by atoms with Crippen molar-refractivity contribution >= 4 is 33.0 Å². The second-order valence-corrected chi connectivity index (χ2v) is 10.1. The van der Waals surface area contributed by atoms with E-state index in [1.54, 1.807) is 30.5 Å². The van der Waals surface area contributed by atoms with Crippen molar-refractivity contribution in [1.29, 1.82) is 0 Å². The fraction of sp³-hybridized carbons (Fsp3) is 0.258. The summed E-state index contributed by atoms with van der Waals surface area (Å²) in [5.74, 6) is 1.40. The SMILES string of the molecule is C=CCc1cc(C=Nn2c([C@@H](C)CC)nc3ccc(Br)cc3c2=O)cc(OCC)c1OCc1cccc(F)c1. The number of halogens is 2. The van der Waals surface area contributed by atoms with E-state index in [1.807, 2.05) is 38.1 Å². The average Bonchev–Trinajstić information content (AvgIpc) is 2.92. The summed E-state index contributed by atoms with van der Waals surface area (Å²) >= 11 is 3.44. The Morgan fingerprint density at radius 1 is 1.15 bits per heavy atom. The quantitative estimate of drug-likeness (QED) is 0.135. The monoisotopic (exact) mass is 591 g/mol. The van der Waals surface area contributed by atoms with Gasteiger partial charge in [-0.05, 0) is 73.4 Å². The molecular formula is C31H31BrFN3O3. The van der Waals surface area contributed by atoms with Gasteiger partial charge in [0.25, 0.3) is 5.56 Å². The smallest absolute Gasteiger partial charge is 0.282 e. The van der Waals surface area contributed by atoms with Gasteiger partial charge >= 0.3 is 0 Å². The normalized spacial score (nSPS) is 12.1. The molecule has 0 saturated carbocycles. The third kappa shape index (κ3) is 6.63. The third-order valence-electron chi connectivity index (χ3n) is 6.30. The Bertz CT molecular complexity index is 1580. The standard InChI is InChI=1S/C31H31BrFN3O3/c1-5-9-23-14-22(16-28(38-7-3)29(23)39-19-21-10-8-11-25(33)15-21)18-34-36-30(20(4)6-2)35-27-13-12-24(32)17-26(27)31(36)37/h5,8,10-18,20H,1,6-7,9,19H2,2-4H3/t20-/m0/s1. The van der Waals surface area contributed by atoms with E-state index in [4.69, 9.17) is 14.5 Å². The topological polar surface area (TPSA) is 65.7 Å². The molecule has 0 bridgehead atoms. The Balaban J connectivity index is 1.77. The molecule has 4 aromatic rings. The Morgan fingerprint density at radius 3 is 2.69 bits per heavy atom. The zero-order valence-electron chi connectivity index (χ0n) is 22.3. The first-order valence-electron chi connectivity index (χ1n) is 12.9. The minimum Gasteiger partial charge on any atom is -0.490 e. The van der Waals surface area contributed by atoms with Gasteiger partial charge in [0.1, 0.15) is 18.2 Å². The predicted molar refractivity (Wildman–Crippen MR) is 158 cm³/mol. The van der Waals surface area contributed by atoms with Crippen molar-refractivity contribution in [2.24, 2.45) is 5.10 Å². The highest BCUT2D eigenvalue weighted by Gasteiger charge is 2.17. The zero-order valence-corrected chi connectivity index (χ0v) is 23.9. The molecule has 6 nitrogen and oxygen atoms in total. The Kier molecular flexibility index (Phi) is 9.30. The van der Waals surface area contributed by atoms with E-state index in [1.165, 1.54) is 16.8 Å². The summed E-state index contributed by atoms with van der Waals surface area (Å²) in [4.78, 5) is 18.3. The van der Waals surface area contributed by atoms with E-state index in [0.29, 0.717) is 46.8 Å². The van der Waals surface area contributed by atoms with E-state index in [-0.39, 0.29) is 23.9 Å². The first-order valence-corrected chi connectivity index (χ1v) is 13.7. The van der Waals surface area contributed by atoms with Gasteiger partial charge in [0.05, 0.1) is 23.7 Å². The molecule has 8 heteroatoms. The molecule has 0 aliphatic rings. The van der Waals surface area contributed by atoms with Crippen LogP contribution in [0.1, 0.15) is 55.6 Å². The van der Waals surface area contributed by atoms with E-state index < -0.39 is 0 Å². The van der Waals surface area contributed by atoms with Crippen LogP contribution in [0.4, 0.5) is 4.39 Å². The number of hydrogen-bond donors (Lipinski definition) is 0. The molecule has 0 amide bonds. The summed E-state index contributed by atoms with van der Waals surface area (Å²) in [6.45, 7) is 10.4. The number of fused-ring (bicyclic) bond motifs is 1. The first kappa shape index (κ1) is 28.2. The van der Waals surface area contributed by atoms with E-state index in [0.717, 1.165) is 22.0 Å². The van der Waals surface area contributed by atoms with Gasteiger partial charge in [-0.3, -0.25) is 4.79 Å². The molecule has 0 fully saturated rings. The van der Waals surface area contributed by atoms with Crippen molar-refractivity contribution in [2.75, 3.05) is 6.61 Å². The molecule has 4 rings (SSSR count). The number of benzene rings is 3. The maximum Gasteiger partial charge on any atom is 0.282 e. The van der Waals surface area contributed by atoms with Crippen LogP contribution in [0.15, 0.2) is 81.6 Å². The second kappa shape index (κ2) is 12.8. The highest BCUT2D eigenvalue weighted by atomic mass is 79.9. The summed E-state index contributed by atoms with van der Waals surface area (Å²) < 4.78 is 27.9. The number of allylic oxidation sites excluding steroid dienone is 1. The highest BCUT2D eigenvalue weighted by Crippen LogP contribution is 2.34. The van der Waals surface area contributed by atoms with Crippen LogP contribution in [0.25, 0.3) is 10.9 Å². The van der Waals surface area contributed by atoms with Crippen LogP contribution in [0.3, 0.4) is 0 Å². The molecular weight excluding hydrogens is 561 g/mol. The summed E-state index contributed by atoms with van der Waals surface area (Å²) in [5, 5.41) is 5.08. The van der Waals surface area contributed by atoms with Crippen LogP contribution in [-0.2, 0) is 13.0 Å². The average molecular weight is 593 g/mol. The number of hydrogen-bond acceptors (Lipinski definition) is 5. The van der Waals surface area contributed by atoms with Gasteiger partial charge < -0.3 is 9.47 Å². The summed E-state index contributed by atoms with van der Waals surface area (Å²) in [6.07, 6.45) is 4.73. The molecule has 0 spiro atoms. The highest BCUT2D eigenvalue weighted by molar-refractivity contribution is 9.10. The lowest BCUT2D eigenvalue weighted by molar-refractivity contribution is 0.267. The van der Waals surface area contributed by atoms with E-state index in [2.05, 4.69) is 34.5 Å². The molecule has 0 N–H and O–H groups in total. The lowest BCUT2D eigenvalue weighted by Gasteiger charge is -2.17. The van der Waals surface area contributed by atoms with Crippen LogP contribution in [0, 0.1) is 5.82 Å². The van der Waals surface area contributed by atoms with Gasteiger partial charge in [-0.2, -0.15) is 9.78 Å². The lowest BCUT2D eigenvalue weighted by Crippen LogP contribution is -2.23. The number of aromatic nitrogens is 2. The largest absolute Gasteiger partial charge is 0.490 e. The van der Waals surface area contributed by atoms with Gasteiger partial charge in [0.2, 0.25) is 0 Å². The first-order chi connectivity index (χ1) is 18.8. The van der Waals surface area contributed by atoms with Gasteiger partial charge in [-0.25, -0.2) is 9.37 Å². The number of nitrogens with zero attached hydrogens (tertiary/aromatic N) is 3. The third-order valence-corrected chi connectivity index (χ3v) is 6.79. The summed E-state index contributed by atoms with van der Waals surface area (Å²) in [5.41, 5.74) is 2.67. The second-order valence-electron chi connectivity index (χ2n) is 9.15. The van der Waals surface area contributed by atoms with Crippen molar-refractivity contribution in [1.82, 2.24) is 9.66 Å². The van der Waals surface area contributed by atoms with Crippen molar-refractivity contribution in [3.63, 3.8) is 0 Å². The maximum atomic E-state index is 13.7. The summed E-state index contributed by atoms with van der Waals surface area (Å²) in [7, 11) is 0. The molecule has 1 aromatic heterocycles. The molecule has 1 atom stereocenters. The van der Waals surface area contributed by atoms with Crippen LogP contribution >= 0.6 is 15.9 Å². The molecule has 0 aliphatic heterocycles. The predicted octanol–water partition coefficient (Wildman–Crippen LogP) is 7.40. The van der Waals surface area contributed by atoms with E-state index in [9.17, 15) is 9.18 Å². The molecule has 0 aliphatic carbocycles. The van der Waals surface area contributed by atoms with Gasteiger partial charge in [-0.15, -0.1) is 6.58 Å². The zero-order chi connectivity index (χ0) is 27.9. The molecule has 1 heterocycles. The molecule has 0 radical (unpaired) electrons. The number of ether oxygens (including phenoxy) is 2. The molecule has 3 aromatic carbocycles. The van der Waals surface area contributed by atoms with Crippen molar-refractivity contribution < 1.29 is 13.9 Å². The Labute approximate surface area is 235 Å². The molecule has 202 valence electrons. The van der Waals surface area contributed by atoms with Crippen LogP contribution in [0.5, 0.6) is 11.5 Å². The fourth-order valence-electron chi connectivity index (χ4n) is 4.18. The molecule has 0 unspecified atom stereocenters. The Morgan fingerprint density at radius 2 is 1.97 bits per heavy atom. The lowest BCUT2D eigenvalue weighted by atomic mass is 10.1. The minimum atomic E-state index is -0.318. The van der Waals surface area contributed by atoms with Crippen molar-refractivity contribution in [3.8, 4) is 11.5 Å². The summed E-state index contributed by atoms with van der Waals surface area (Å²) in [6, 6.07) is 15.5. The van der Waals surface area contributed by atoms with Crippen LogP contribution in [0.2, 0.25) is 0 Å².